The highest BCUT2D eigenvalue weighted by Crippen LogP contribution is 2.25. The molecule has 2 N–H and O–H groups in total. The quantitative estimate of drug-likeness (QED) is 0.888. The Morgan fingerprint density at radius 1 is 1.33 bits per heavy atom. The first-order valence-electron chi connectivity index (χ1n) is 4.93. The molecule has 0 saturated carbocycles. The zero-order valence-electron chi connectivity index (χ0n) is 9.09. The SMILES string of the molecule is N#Cc1ccc(Cl)c(-c2ncc(C(N)=O)cn2)c1. The maximum Gasteiger partial charge on any atom is 0.251 e. The van der Waals surface area contributed by atoms with Crippen molar-refractivity contribution in [2.24, 2.45) is 5.73 Å². The fraction of sp³-hybridized carbons (Fsp3) is 0. The lowest BCUT2D eigenvalue weighted by molar-refractivity contribution is 0.0999. The molecular weight excluding hydrogens is 252 g/mol. The molecule has 2 rings (SSSR count). The summed E-state index contributed by atoms with van der Waals surface area (Å²) < 4.78 is 0. The smallest absolute Gasteiger partial charge is 0.251 e. The largest absolute Gasteiger partial charge is 0.366 e. The fourth-order valence-electron chi connectivity index (χ4n) is 1.36. The Balaban J connectivity index is 2.49. The third-order valence-corrected chi connectivity index (χ3v) is 2.60. The molecule has 0 saturated heterocycles. The summed E-state index contributed by atoms with van der Waals surface area (Å²) >= 11 is 6.01. The van der Waals surface area contributed by atoms with Gasteiger partial charge in [0.25, 0.3) is 5.91 Å². The third-order valence-electron chi connectivity index (χ3n) is 2.27. The molecule has 0 aliphatic heterocycles. The minimum absolute atomic E-state index is 0.214. The van der Waals surface area contributed by atoms with E-state index in [4.69, 9.17) is 22.6 Å². The van der Waals surface area contributed by atoms with E-state index in [1.165, 1.54) is 12.4 Å². The van der Waals surface area contributed by atoms with Crippen LogP contribution in [0.5, 0.6) is 0 Å². The van der Waals surface area contributed by atoms with Gasteiger partial charge in [0.05, 0.1) is 22.2 Å². The number of rotatable bonds is 2. The zero-order chi connectivity index (χ0) is 13.1. The van der Waals surface area contributed by atoms with Crippen LogP contribution in [0.3, 0.4) is 0 Å². The van der Waals surface area contributed by atoms with Gasteiger partial charge in [0.1, 0.15) is 0 Å². The van der Waals surface area contributed by atoms with Gasteiger partial charge in [0, 0.05) is 18.0 Å². The van der Waals surface area contributed by atoms with Gasteiger partial charge in [-0.3, -0.25) is 4.79 Å². The lowest BCUT2D eigenvalue weighted by atomic mass is 10.1. The number of nitriles is 1. The molecule has 0 bridgehead atoms. The molecule has 0 aliphatic rings. The molecule has 5 nitrogen and oxygen atoms in total. The maximum absolute atomic E-state index is 10.9. The van der Waals surface area contributed by atoms with Gasteiger partial charge in [-0.2, -0.15) is 5.26 Å². The third kappa shape index (κ3) is 2.29. The minimum Gasteiger partial charge on any atom is -0.366 e. The van der Waals surface area contributed by atoms with Gasteiger partial charge in [0.15, 0.2) is 5.82 Å². The first kappa shape index (κ1) is 12.0. The van der Waals surface area contributed by atoms with E-state index in [2.05, 4.69) is 9.97 Å². The van der Waals surface area contributed by atoms with Crippen molar-refractivity contribution in [1.29, 1.82) is 5.26 Å². The lowest BCUT2D eigenvalue weighted by Crippen LogP contribution is -2.11. The van der Waals surface area contributed by atoms with Gasteiger partial charge in [-0.25, -0.2) is 9.97 Å². The van der Waals surface area contributed by atoms with Crippen molar-refractivity contribution < 1.29 is 4.79 Å². The number of aromatic nitrogens is 2. The number of nitrogens with two attached hydrogens (primary N) is 1. The Morgan fingerprint density at radius 3 is 2.56 bits per heavy atom. The number of hydrogen-bond acceptors (Lipinski definition) is 4. The van der Waals surface area contributed by atoms with Gasteiger partial charge in [0.2, 0.25) is 0 Å². The predicted molar refractivity (Wildman–Crippen MR) is 65.7 cm³/mol. The van der Waals surface area contributed by atoms with E-state index in [0.29, 0.717) is 22.0 Å². The van der Waals surface area contributed by atoms with Gasteiger partial charge >= 0.3 is 0 Å². The van der Waals surface area contributed by atoms with Crippen LogP contribution in [-0.2, 0) is 0 Å². The highest BCUT2D eigenvalue weighted by atomic mass is 35.5. The maximum atomic E-state index is 10.9. The molecule has 1 aromatic carbocycles. The van der Waals surface area contributed by atoms with Crippen LogP contribution >= 0.6 is 11.6 Å². The minimum atomic E-state index is -0.599. The number of halogens is 1. The van der Waals surface area contributed by atoms with Crippen molar-refractivity contribution in [1.82, 2.24) is 9.97 Å². The number of hydrogen-bond donors (Lipinski definition) is 1. The van der Waals surface area contributed by atoms with Gasteiger partial charge in [-0.15, -0.1) is 0 Å². The predicted octanol–water partition coefficient (Wildman–Crippen LogP) is 1.77. The Bertz CT molecular complexity index is 646. The summed E-state index contributed by atoms with van der Waals surface area (Å²) in [6, 6.07) is 6.79. The van der Waals surface area contributed by atoms with Crippen LogP contribution in [0.25, 0.3) is 11.4 Å². The number of carbonyl (C=O) groups is 1. The van der Waals surface area contributed by atoms with Gasteiger partial charge in [-0.1, -0.05) is 11.6 Å². The van der Waals surface area contributed by atoms with E-state index >= 15 is 0 Å². The first-order valence-corrected chi connectivity index (χ1v) is 5.31. The zero-order valence-corrected chi connectivity index (χ0v) is 9.85. The Hall–Kier alpha value is -2.45. The number of primary amides is 1. The standard InChI is InChI=1S/C12H7ClN4O/c13-10-2-1-7(4-14)3-9(10)12-16-5-8(6-17-12)11(15)18/h1-3,5-6H,(H2,15,18). The molecule has 6 heteroatoms. The van der Waals surface area contributed by atoms with Crippen LogP contribution < -0.4 is 5.73 Å². The molecule has 0 fully saturated rings. The molecule has 0 radical (unpaired) electrons. The molecule has 18 heavy (non-hydrogen) atoms. The molecule has 0 spiro atoms. The number of carbonyl (C=O) groups excluding carboxylic acids is 1. The molecule has 0 aliphatic carbocycles. The van der Waals surface area contributed by atoms with Crippen molar-refractivity contribution in [2.45, 2.75) is 0 Å². The normalized spacial score (nSPS) is 9.78. The van der Waals surface area contributed by atoms with E-state index in [0.717, 1.165) is 0 Å². The molecular formula is C12H7ClN4O. The second-order valence-electron chi connectivity index (χ2n) is 3.47. The summed E-state index contributed by atoms with van der Waals surface area (Å²) in [6.45, 7) is 0. The van der Waals surface area contributed by atoms with Crippen molar-refractivity contribution in [3.8, 4) is 17.5 Å². The lowest BCUT2D eigenvalue weighted by Gasteiger charge is -2.03. The molecule has 0 unspecified atom stereocenters. The molecule has 0 atom stereocenters. The molecule has 88 valence electrons. The van der Waals surface area contributed by atoms with E-state index in [1.807, 2.05) is 6.07 Å². The van der Waals surface area contributed by atoms with Crippen LogP contribution in [0.2, 0.25) is 5.02 Å². The van der Waals surface area contributed by atoms with Crippen molar-refractivity contribution in [3.63, 3.8) is 0 Å². The average molecular weight is 259 g/mol. The Morgan fingerprint density at radius 2 is 2.00 bits per heavy atom. The average Bonchev–Trinajstić information content (AvgIpc) is 2.39. The van der Waals surface area contributed by atoms with Crippen LogP contribution in [-0.4, -0.2) is 15.9 Å². The fourth-order valence-corrected chi connectivity index (χ4v) is 1.56. The number of nitrogens with zero attached hydrogens (tertiary/aromatic N) is 3. The Labute approximate surface area is 108 Å². The van der Waals surface area contributed by atoms with Crippen LogP contribution in [0.15, 0.2) is 30.6 Å². The number of benzene rings is 1. The van der Waals surface area contributed by atoms with Crippen molar-refractivity contribution in [3.05, 3.63) is 46.7 Å². The molecule has 2 aromatic rings. The van der Waals surface area contributed by atoms with E-state index in [1.54, 1.807) is 18.2 Å². The summed E-state index contributed by atoms with van der Waals surface area (Å²) in [7, 11) is 0. The molecule has 1 heterocycles. The first-order chi connectivity index (χ1) is 8.61. The topological polar surface area (TPSA) is 92.7 Å². The summed E-state index contributed by atoms with van der Waals surface area (Å²) in [6.07, 6.45) is 2.64. The van der Waals surface area contributed by atoms with Crippen molar-refractivity contribution in [2.75, 3.05) is 0 Å². The number of amides is 1. The van der Waals surface area contributed by atoms with Gasteiger partial charge < -0.3 is 5.73 Å². The van der Waals surface area contributed by atoms with Crippen LogP contribution in [0.4, 0.5) is 0 Å². The van der Waals surface area contributed by atoms with Crippen LogP contribution in [0, 0.1) is 11.3 Å². The van der Waals surface area contributed by atoms with E-state index < -0.39 is 5.91 Å². The summed E-state index contributed by atoms with van der Waals surface area (Å²) in [5.41, 5.74) is 6.29. The summed E-state index contributed by atoms with van der Waals surface area (Å²) in [5, 5.41) is 9.25. The monoisotopic (exact) mass is 258 g/mol. The van der Waals surface area contributed by atoms with Crippen LogP contribution in [0.1, 0.15) is 15.9 Å². The Kier molecular flexibility index (Phi) is 3.22. The van der Waals surface area contributed by atoms with Gasteiger partial charge in [-0.05, 0) is 18.2 Å². The highest BCUT2D eigenvalue weighted by Gasteiger charge is 2.09. The second kappa shape index (κ2) is 4.82. The highest BCUT2D eigenvalue weighted by molar-refractivity contribution is 6.33. The molecule has 1 aromatic heterocycles. The van der Waals surface area contributed by atoms with E-state index in [-0.39, 0.29) is 5.56 Å². The van der Waals surface area contributed by atoms with E-state index in [9.17, 15) is 4.79 Å². The molecule has 1 amide bonds. The second-order valence-corrected chi connectivity index (χ2v) is 3.87. The summed E-state index contributed by atoms with van der Waals surface area (Å²) in [5.74, 6) is -0.263. The summed E-state index contributed by atoms with van der Waals surface area (Å²) in [4.78, 5) is 18.9. The van der Waals surface area contributed by atoms with Crippen molar-refractivity contribution >= 4 is 17.5 Å².